The highest BCUT2D eigenvalue weighted by atomic mass is 32.1. The molecule has 0 spiro atoms. The summed E-state index contributed by atoms with van der Waals surface area (Å²) in [6.07, 6.45) is 0.700. The minimum Gasteiger partial charge on any atom is -0.493 e. The Bertz CT molecular complexity index is 567. The molecule has 1 aromatic heterocycles. The molecule has 0 aliphatic rings. The van der Waals surface area contributed by atoms with Crippen molar-refractivity contribution in [3.05, 3.63) is 46.2 Å². The van der Waals surface area contributed by atoms with Crippen LogP contribution in [0.5, 0.6) is 5.75 Å². The van der Waals surface area contributed by atoms with Crippen LogP contribution >= 0.6 is 11.3 Å². The van der Waals surface area contributed by atoms with Crippen molar-refractivity contribution in [1.29, 1.82) is 0 Å². The average Bonchev–Trinajstić information content (AvgIpc) is 2.92. The van der Waals surface area contributed by atoms with Crippen molar-refractivity contribution in [3.8, 4) is 5.75 Å². The van der Waals surface area contributed by atoms with Gasteiger partial charge >= 0.3 is 5.97 Å². The minimum absolute atomic E-state index is 0.305. The molecule has 2 N–H and O–H groups in total. The maximum Gasteiger partial charge on any atom is 0.344 e. The SMILES string of the molecule is CCOc1cccc(N)c1C(=O)OCCc1ccsc1. The van der Waals surface area contributed by atoms with Crippen molar-refractivity contribution < 1.29 is 14.3 Å². The van der Waals surface area contributed by atoms with E-state index in [1.807, 2.05) is 23.8 Å². The topological polar surface area (TPSA) is 61.5 Å². The highest BCUT2D eigenvalue weighted by molar-refractivity contribution is 7.07. The summed E-state index contributed by atoms with van der Waals surface area (Å²) in [5, 5.41) is 4.04. The third-order valence-electron chi connectivity index (χ3n) is 2.77. The van der Waals surface area contributed by atoms with E-state index in [0.29, 0.717) is 36.6 Å². The lowest BCUT2D eigenvalue weighted by atomic mass is 10.1. The molecule has 106 valence electrons. The molecule has 1 aromatic carbocycles. The molecule has 4 nitrogen and oxygen atoms in total. The molecule has 0 amide bonds. The van der Waals surface area contributed by atoms with Crippen LogP contribution in [0.3, 0.4) is 0 Å². The average molecular weight is 291 g/mol. The predicted octanol–water partition coefficient (Wildman–Crippen LogP) is 3.13. The number of hydrogen-bond acceptors (Lipinski definition) is 5. The van der Waals surface area contributed by atoms with Crippen LogP contribution in [0.4, 0.5) is 5.69 Å². The summed E-state index contributed by atoms with van der Waals surface area (Å²) in [4.78, 5) is 12.1. The van der Waals surface area contributed by atoms with E-state index in [0.717, 1.165) is 5.56 Å². The van der Waals surface area contributed by atoms with Gasteiger partial charge < -0.3 is 15.2 Å². The number of thiophene rings is 1. The molecule has 0 aliphatic heterocycles. The van der Waals surface area contributed by atoms with E-state index in [1.54, 1.807) is 29.5 Å². The number of rotatable bonds is 6. The first-order valence-electron chi connectivity index (χ1n) is 6.42. The molecule has 2 aromatic rings. The Morgan fingerprint density at radius 1 is 1.35 bits per heavy atom. The molecule has 0 fully saturated rings. The van der Waals surface area contributed by atoms with Crippen molar-refractivity contribution in [3.63, 3.8) is 0 Å². The fourth-order valence-corrected chi connectivity index (χ4v) is 2.51. The summed E-state index contributed by atoms with van der Waals surface area (Å²) >= 11 is 1.63. The van der Waals surface area contributed by atoms with Crippen LogP contribution < -0.4 is 10.5 Å². The predicted molar refractivity (Wildman–Crippen MR) is 80.3 cm³/mol. The van der Waals surface area contributed by atoms with E-state index < -0.39 is 5.97 Å². The maximum atomic E-state index is 12.1. The Hall–Kier alpha value is -2.01. The smallest absolute Gasteiger partial charge is 0.344 e. The molecule has 0 saturated heterocycles. The number of nitrogens with two attached hydrogens (primary N) is 1. The summed E-state index contributed by atoms with van der Waals surface area (Å²) in [7, 11) is 0. The third kappa shape index (κ3) is 3.51. The highest BCUT2D eigenvalue weighted by Gasteiger charge is 2.17. The number of benzene rings is 1. The first kappa shape index (κ1) is 14.4. The Kier molecular flexibility index (Phi) is 5.01. The van der Waals surface area contributed by atoms with Gasteiger partial charge in [-0.1, -0.05) is 6.07 Å². The van der Waals surface area contributed by atoms with Gasteiger partial charge in [0.1, 0.15) is 11.3 Å². The molecule has 0 bridgehead atoms. The van der Waals surface area contributed by atoms with Crippen LogP contribution in [-0.2, 0) is 11.2 Å². The zero-order valence-electron chi connectivity index (χ0n) is 11.3. The largest absolute Gasteiger partial charge is 0.493 e. The summed E-state index contributed by atoms with van der Waals surface area (Å²) in [5.74, 6) is 0.0230. The van der Waals surface area contributed by atoms with Gasteiger partial charge in [-0.05, 0) is 41.4 Å². The van der Waals surface area contributed by atoms with Crippen LogP contribution in [0.25, 0.3) is 0 Å². The molecule has 0 aliphatic carbocycles. The van der Waals surface area contributed by atoms with Gasteiger partial charge in [0, 0.05) is 12.1 Å². The number of nitrogen functional groups attached to an aromatic ring is 1. The number of ether oxygens (including phenoxy) is 2. The monoisotopic (exact) mass is 291 g/mol. The summed E-state index contributed by atoms with van der Waals surface area (Å²) in [6.45, 7) is 2.66. The summed E-state index contributed by atoms with van der Waals surface area (Å²) in [5.41, 5.74) is 7.68. The Balaban J connectivity index is 2.01. The molecule has 5 heteroatoms. The number of carbonyl (C=O) groups is 1. The van der Waals surface area contributed by atoms with Gasteiger partial charge in [0.15, 0.2) is 0 Å². The van der Waals surface area contributed by atoms with Crippen molar-refractivity contribution in [2.75, 3.05) is 18.9 Å². The molecular weight excluding hydrogens is 274 g/mol. The maximum absolute atomic E-state index is 12.1. The summed E-state index contributed by atoms with van der Waals surface area (Å²) < 4.78 is 10.7. The third-order valence-corrected chi connectivity index (χ3v) is 3.50. The molecule has 1 heterocycles. The van der Waals surface area contributed by atoms with E-state index in [4.69, 9.17) is 15.2 Å². The van der Waals surface area contributed by atoms with Crippen LogP contribution in [0.15, 0.2) is 35.0 Å². The van der Waals surface area contributed by atoms with E-state index in [-0.39, 0.29) is 0 Å². The van der Waals surface area contributed by atoms with Gasteiger partial charge in [0.25, 0.3) is 0 Å². The Morgan fingerprint density at radius 3 is 2.90 bits per heavy atom. The van der Waals surface area contributed by atoms with Crippen LogP contribution in [-0.4, -0.2) is 19.2 Å². The first-order chi connectivity index (χ1) is 9.72. The van der Waals surface area contributed by atoms with E-state index in [1.165, 1.54) is 0 Å². The second-order valence-electron chi connectivity index (χ2n) is 4.17. The van der Waals surface area contributed by atoms with Gasteiger partial charge in [-0.2, -0.15) is 11.3 Å². The van der Waals surface area contributed by atoms with Crippen molar-refractivity contribution >= 4 is 23.0 Å². The zero-order chi connectivity index (χ0) is 14.4. The molecule has 0 unspecified atom stereocenters. The highest BCUT2D eigenvalue weighted by Crippen LogP contribution is 2.25. The van der Waals surface area contributed by atoms with E-state index in [2.05, 4.69) is 0 Å². The quantitative estimate of drug-likeness (QED) is 0.656. The van der Waals surface area contributed by atoms with Gasteiger partial charge in [-0.3, -0.25) is 0 Å². The molecular formula is C15H17NO3S. The second kappa shape index (κ2) is 6.96. The fourth-order valence-electron chi connectivity index (χ4n) is 1.81. The minimum atomic E-state index is -0.443. The molecule has 0 saturated carbocycles. The van der Waals surface area contributed by atoms with Gasteiger partial charge in [0.05, 0.1) is 13.2 Å². The number of anilines is 1. The molecule has 0 atom stereocenters. The Labute approximate surface area is 122 Å². The van der Waals surface area contributed by atoms with Crippen molar-refractivity contribution in [1.82, 2.24) is 0 Å². The number of hydrogen-bond donors (Lipinski definition) is 1. The molecule has 0 radical (unpaired) electrons. The van der Waals surface area contributed by atoms with Crippen LogP contribution in [0.2, 0.25) is 0 Å². The first-order valence-corrected chi connectivity index (χ1v) is 7.36. The van der Waals surface area contributed by atoms with E-state index >= 15 is 0 Å². The zero-order valence-corrected chi connectivity index (χ0v) is 12.1. The number of esters is 1. The standard InChI is InChI=1S/C15H17NO3S/c1-2-18-13-5-3-4-12(16)14(13)15(17)19-8-6-11-7-9-20-10-11/h3-5,7,9-10H,2,6,8,16H2,1H3. The normalized spacial score (nSPS) is 10.2. The molecule has 2 rings (SSSR count). The van der Waals surface area contributed by atoms with Crippen molar-refractivity contribution in [2.45, 2.75) is 13.3 Å². The van der Waals surface area contributed by atoms with Crippen molar-refractivity contribution in [2.24, 2.45) is 0 Å². The van der Waals surface area contributed by atoms with Gasteiger partial charge in [-0.15, -0.1) is 0 Å². The van der Waals surface area contributed by atoms with Crippen LogP contribution in [0.1, 0.15) is 22.8 Å². The van der Waals surface area contributed by atoms with E-state index in [9.17, 15) is 4.79 Å². The summed E-state index contributed by atoms with van der Waals surface area (Å²) in [6, 6.07) is 7.15. The second-order valence-corrected chi connectivity index (χ2v) is 4.95. The van der Waals surface area contributed by atoms with Gasteiger partial charge in [0.2, 0.25) is 0 Å². The number of carbonyl (C=O) groups excluding carboxylic acids is 1. The van der Waals surface area contributed by atoms with Crippen LogP contribution in [0, 0.1) is 0 Å². The van der Waals surface area contributed by atoms with Gasteiger partial charge in [-0.25, -0.2) is 4.79 Å². The lowest BCUT2D eigenvalue weighted by Gasteiger charge is -2.12. The Morgan fingerprint density at radius 2 is 2.20 bits per heavy atom. The molecule has 20 heavy (non-hydrogen) atoms. The lowest BCUT2D eigenvalue weighted by Crippen LogP contribution is -2.12. The fraction of sp³-hybridized carbons (Fsp3) is 0.267. The lowest BCUT2D eigenvalue weighted by molar-refractivity contribution is 0.0506.